The summed E-state index contributed by atoms with van der Waals surface area (Å²) in [5.41, 5.74) is 2.81. The van der Waals surface area contributed by atoms with Crippen molar-refractivity contribution in [2.75, 3.05) is 6.61 Å². The van der Waals surface area contributed by atoms with Crippen molar-refractivity contribution in [3.63, 3.8) is 0 Å². The van der Waals surface area contributed by atoms with Gasteiger partial charge in [-0.25, -0.2) is 0 Å². The van der Waals surface area contributed by atoms with Crippen molar-refractivity contribution in [3.8, 4) is 11.1 Å². The predicted molar refractivity (Wildman–Crippen MR) is 123 cm³/mol. The third kappa shape index (κ3) is 3.94. The Morgan fingerprint density at radius 2 is 1.78 bits per heavy atom. The molecule has 1 N–H and O–H groups in total. The Hall–Kier alpha value is -3.02. The molecule has 3 aromatic rings. The van der Waals surface area contributed by atoms with E-state index in [1.165, 1.54) is 0 Å². The Kier molecular flexibility index (Phi) is 5.53. The molecule has 4 atom stereocenters. The van der Waals surface area contributed by atoms with E-state index >= 15 is 0 Å². The molecule has 2 aromatic carbocycles. The number of hydrogen-bond donors (Lipinski definition) is 1. The number of hydrogen-bond acceptors (Lipinski definition) is 4. The molecule has 0 radical (unpaired) electrons. The lowest BCUT2D eigenvalue weighted by atomic mass is 9.75. The third-order valence-electron chi connectivity index (χ3n) is 6.81. The Balaban J connectivity index is 1.46. The van der Waals surface area contributed by atoms with Crippen molar-refractivity contribution in [1.29, 1.82) is 0 Å². The smallest absolute Gasteiger partial charge is 0.255 e. The molecule has 5 rings (SSSR count). The predicted octanol–water partition coefficient (Wildman–Crippen LogP) is 4.11. The molecule has 2 bridgehead atoms. The Morgan fingerprint density at radius 1 is 1.06 bits per heavy atom. The molecule has 2 aliphatic rings. The fraction of sp³-hybridized carbons (Fsp3) is 0.333. The minimum Gasteiger partial charge on any atom is -0.389 e. The normalized spacial score (nSPS) is 27.2. The maximum absolute atomic E-state index is 13.9. The summed E-state index contributed by atoms with van der Waals surface area (Å²) in [5.74, 6) is 0.00400. The van der Waals surface area contributed by atoms with Crippen LogP contribution in [0.15, 0.2) is 79.1 Å². The molecule has 1 aromatic heterocycles. The molecule has 0 spiro atoms. The van der Waals surface area contributed by atoms with Gasteiger partial charge in [-0.1, -0.05) is 48.5 Å². The van der Waals surface area contributed by atoms with Crippen LogP contribution in [0.4, 0.5) is 0 Å². The van der Waals surface area contributed by atoms with Gasteiger partial charge in [-0.2, -0.15) is 0 Å². The summed E-state index contributed by atoms with van der Waals surface area (Å²) in [4.78, 5) is 20.0. The zero-order valence-electron chi connectivity index (χ0n) is 18.2. The SMILES string of the molecule is CC1OC[C@@H]2C[C@@](O)(Cc3ccccc3)C[C@H]1N2C(=O)c1ccccc1-c1ccncc1. The summed E-state index contributed by atoms with van der Waals surface area (Å²) in [5, 5.41) is 11.6. The largest absolute Gasteiger partial charge is 0.389 e. The second-order valence-corrected chi connectivity index (χ2v) is 9.05. The number of piperidine rings is 1. The lowest BCUT2D eigenvalue weighted by molar-refractivity contribution is -0.154. The van der Waals surface area contributed by atoms with E-state index in [4.69, 9.17) is 4.74 Å². The topological polar surface area (TPSA) is 62.7 Å². The number of aliphatic hydroxyl groups is 1. The Morgan fingerprint density at radius 3 is 2.56 bits per heavy atom. The van der Waals surface area contributed by atoms with Gasteiger partial charge in [-0.05, 0) is 54.7 Å². The van der Waals surface area contributed by atoms with Crippen molar-refractivity contribution in [2.24, 2.45) is 0 Å². The minimum atomic E-state index is -0.851. The highest BCUT2D eigenvalue weighted by molar-refractivity contribution is 6.01. The first-order valence-electron chi connectivity index (χ1n) is 11.2. The number of aromatic nitrogens is 1. The molecule has 2 saturated heterocycles. The molecule has 0 aliphatic carbocycles. The van der Waals surface area contributed by atoms with Crippen molar-refractivity contribution in [2.45, 2.75) is 50.0 Å². The molecule has 164 valence electrons. The number of rotatable bonds is 4. The zero-order valence-corrected chi connectivity index (χ0v) is 18.2. The van der Waals surface area contributed by atoms with Crippen LogP contribution in [-0.2, 0) is 11.2 Å². The quantitative estimate of drug-likeness (QED) is 0.679. The van der Waals surface area contributed by atoms with E-state index in [0.717, 1.165) is 16.7 Å². The number of carbonyl (C=O) groups is 1. The summed E-state index contributed by atoms with van der Waals surface area (Å²) in [7, 11) is 0. The van der Waals surface area contributed by atoms with Gasteiger partial charge in [0.1, 0.15) is 0 Å². The van der Waals surface area contributed by atoms with Crippen molar-refractivity contribution < 1.29 is 14.6 Å². The van der Waals surface area contributed by atoms with E-state index in [2.05, 4.69) is 17.1 Å². The number of nitrogens with zero attached hydrogens (tertiary/aromatic N) is 2. The van der Waals surface area contributed by atoms with Gasteiger partial charge in [0.15, 0.2) is 0 Å². The van der Waals surface area contributed by atoms with Crippen LogP contribution in [0.25, 0.3) is 11.1 Å². The van der Waals surface area contributed by atoms with Crippen LogP contribution >= 0.6 is 0 Å². The molecular formula is C27H28N2O3. The number of amides is 1. The van der Waals surface area contributed by atoms with Crippen molar-refractivity contribution >= 4 is 5.91 Å². The van der Waals surface area contributed by atoms with Crippen LogP contribution in [0.3, 0.4) is 0 Å². The minimum absolute atomic E-state index is 0.00400. The molecule has 2 aliphatic heterocycles. The van der Waals surface area contributed by atoms with Gasteiger partial charge in [-0.3, -0.25) is 9.78 Å². The van der Waals surface area contributed by atoms with Gasteiger partial charge < -0.3 is 14.7 Å². The fourth-order valence-corrected chi connectivity index (χ4v) is 5.31. The number of pyridine rings is 1. The summed E-state index contributed by atoms with van der Waals surface area (Å²) in [6, 6.07) is 21.3. The van der Waals surface area contributed by atoms with Gasteiger partial charge in [0, 0.05) is 24.4 Å². The van der Waals surface area contributed by atoms with Crippen molar-refractivity contribution in [3.05, 3.63) is 90.3 Å². The second kappa shape index (κ2) is 8.49. The fourth-order valence-electron chi connectivity index (χ4n) is 5.31. The third-order valence-corrected chi connectivity index (χ3v) is 6.81. The van der Waals surface area contributed by atoms with E-state index in [9.17, 15) is 9.90 Å². The van der Waals surface area contributed by atoms with Gasteiger partial charge in [-0.15, -0.1) is 0 Å². The van der Waals surface area contributed by atoms with Crippen LogP contribution in [0.2, 0.25) is 0 Å². The highest BCUT2D eigenvalue weighted by atomic mass is 16.5. The van der Waals surface area contributed by atoms with Gasteiger partial charge in [0.2, 0.25) is 0 Å². The summed E-state index contributed by atoms with van der Waals surface area (Å²) >= 11 is 0. The maximum Gasteiger partial charge on any atom is 0.255 e. The molecule has 0 saturated carbocycles. The molecular weight excluding hydrogens is 400 g/mol. The van der Waals surface area contributed by atoms with Crippen LogP contribution in [0.5, 0.6) is 0 Å². The van der Waals surface area contributed by atoms with E-state index in [0.29, 0.717) is 31.4 Å². The number of carbonyl (C=O) groups excluding carboxylic acids is 1. The van der Waals surface area contributed by atoms with Crippen molar-refractivity contribution in [1.82, 2.24) is 9.88 Å². The molecule has 5 heteroatoms. The van der Waals surface area contributed by atoms with Gasteiger partial charge in [0.25, 0.3) is 5.91 Å². The molecule has 3 heterocycles. The van der Waals surface area contributed by atoms with Crippen LogP contribution in [0.1, 0.15) is 35.7 Å². The average Bonchev–Trinajstić information content (AvgIpc) is 2.82. The number of morpholine rings is 1. The number of fused-ring (bicyclic) bond motifs is 2. The van der Waals surface area contributed by atoms with Crippen LogP contribution < -0.4 is 0 Å². The Bertz CT molecular complexity index is 1090. The van der Waals surface area contributed by atoms with Gasteiger partial charge in [0.05, 0.1) is 30.4 Å². The summed E-state index contributed by atoms with van der Waals surface area (Å²) < 4.78 is 6.01. The van der Waals surface area contributed by atoms with E-state index in [1.807, 2.05) is 66.4 Å². The zero-order chi connectivity index (χ0) is 22.1. The van der Waals surface area contributed by atoms with Gasteiger partial charge >= 0.3 is 0 Å². The number of ether oxygens (including phenoxy) is 1. The monoisotopic (exact) mass is 428 g/mol. The first-order valence-corrected chi connectivity index (χ1v) is 11.2. The maximum atomic E-state index is 13.9. The molecule has 1 amide bonds. The lowest BCUT2D eigenvalue weighted by Crippen LogP contribution is -2.66. The first-order chi connectivity index (χ1) is 15.5. The van der Waals surface area contributed by atoms with Crippen LogP contribution in [0, 0.1) is 0 Å². The second-order valence-electron chi connectivity index (χ2n) is 9.05. The first kappa shape index (κ1) is 20.9. The highest BCUT2D eigenvalue weighted by Crippen LogP contribution is 2.40. The van der Waals surface area contributed by atoms with Crippen LogP contribution in [-0.4, -0.2) is 51.3 Å². The van der Waals surface area contributed by atoms with E-state index < -0.39 is 5.60 Å². The molecule has 1 unspecified atom stereocenters. The molecule has 32 heavy (non-hydrogen) atoms. The number of benzene rings is 2. The standard InChI is InChI=1S/C27H28N2O3/c1-19-25-17-27(31,15-20-7-3-2-4-8-20)16-22(18-32-19)29(25)26(30)24-10-6-5-9-23(24)21-11-13-28-14-12-21/h2-14,19,22,25,31H,15-18H2,1H3/t19?,22-,25+,27-/m0/s1. The summed E-state index contributed by atoms with van der Waals surface area (Å²) in [6.45, 7) is 2.45. The lowest BCUT2D eigenvalue weighted by Gasteiger charge is -2.54. The average molecular weight is 429 g/mol. The van der Waals surface area contributed by atoms with E-state index in [-0.39, 0.29) is 24.1 Å². The Labute approximate surface area is 188 Å². The highest BCUT2D eigenvalue weighted by Gasteiger charge is 2.50. The molecule has 5 nitrogen and oxygen atoms in total. The molecule has 2 fully saturated rings. The summed E-state index contributed by atoms with van der Waals surface area (Å²) in [6.07, 6.45) is 4.95. The van der Waals surface area contributed by atoms with E-state index in [1.54, 1.807) is 12.4 Å².